The van der Waals surface area contributed by atoms with E-state index in [9.17, 15) is 4.79 Å². The molecular weight excluding hydrogens is 356 g/mol. The lowest BCUT2D eigenvalue weighted by atomic mass is 9.91. The number of hydrogen-bond acceptors (Lipinski definition) is 5. The third kappa shape index (κ3) is 4.07. The SMILES string of the molecule is COc1ccc(Oc2cccc(CN3CCC4(CC3)CN(C)C(=O)O4)c2)cc1. The molecule has 0 aliphatic carbocycles. The van der Waals surface area contributed by atoms with Crippen LogP contribution >= 0.6 is 0 Å². The average molecular weight is 382 g/mol. The highest BCUT2D eigenvalue weighted by Gasteiger charge is 2.45. The number of rotatable bonds is 5. The number of carbonyl (C=O) groups excluding carboxylic acids is 1. The van der Waals surface area contributed by atoms with E-state index >= 15 is 0 Å². The van der Waals surface area contributed by atoms with Gasteiger partial charge in [0.15, 0.2) is 0 Å². The lowest BCUT2D eigenvalue weighted by Crippen LogP contribution is -2.46. The molecule has 2 heterocycles. The maximum absolute atomic E-state index is 11.7. The van der Waals surface area contributed by atoms with Crippen LogP contribution in [0.25, 0.3) is 0 Å². The van der Waals surface area contributed by atoms with Crippen LogP contribution in [0.5, 0.6) is 17.2 Å². The predicted octanol–water partition coefficient (Wildman–Crippen LogP) is 3.90. The molecule has 148 valence electrons. The first-order valence-electron chi connectivity index (χ1n) is 9.63. The van der Waals surface area contributed by atoms with Gasteiger partial charge in [0.25, 0.3) is 0 Å². The van der Waals surface area contributed by atoms with E-state index in [2.05, 4.69) is 17.0 Å². The Labute approximate surface area is 165 Å². The zero-order chi connectivity index (χ0) is 19.6. The van der Waals surface area contributed by atoms with Crippen molar-refractivity contribution < 1.29 is 19.0 Å². The first-order chi connectivity index (χ1) is 13.5. The standard InChI is InChI=1S/C22H26N2O4/c1-23-16-22(28-21(23)25)10-12-24(13-11-22)15-17-4-3-5-20(14-17)27-19-8-6-18(26-2)7-9-19/h3-9,14H,10-13,15-16H2,1-2H3. The second-order valence-corrected chi connectivity index (χ2v) is 7.61. The Morgan fingerprint density at radius 2 is 1.75 bits per heavy atom. The smallest absolute Gasteiger partial charge is 0.410 e. The van der Waals surface area contributed by atoms with Gasteiger partial charge in [-0.3, -0.25) is 4.90 Å². The number of piperidine rings is 1. The number of methoxy groups -OCH3 is 1. The molecule has 28 heavy (non-hydrogen) atoms. The molecule has 2 aromatic carbocycles. The molecule has 0 aromatic heterocycles. The van der Waals surface area contributed by atoms with E-state index in [0.29, 0.717) is 6.54 Å². The van der Waals surface area contributed by atoms with Crippen molar-refractivity contribution in [1.82, 2.24) is 9.80 Å². The van der Waals surface area contributed by atoms with Crippen LogP contribution in [-0.4, -0.2) is 55.3 Å². The van der Waals surface area contributed by atoms with Gasteiger partial charge in [0, 0.05) is 39.5 Å². The molecule has 0 unspecified atom stereocenters. The Hall–Kier alpha value is -2.73. The number of benzene rings is 2. The Kier molecular flexibility index (Phi) is 5.13. The fourth-order valence-electron chi connectivity index (χ4n) is 3.92. The lowest BCUT2D eigenvalue weighted by molar-refractivity contribution is -0.00120. The molecule has 2 aliphatic rings. The first-order valence-corrected chi connectivity index (χ1v) is 9.63. The van der Waals surface area contributed by atoms with Gasteiger partial charge in [0.05, 0.1) is 13.7 Å². The fraction of sp³-hybridized carbons (Fsp3) is 0.409. The number of hydrogen-bond donors (Lipinski definition) is 0. The Morgan fingerprint density at radius 1 is 1.04 bits per heavy atom. The van der Waals surface area contributed by atoms with Gasteiger partial charge in [-0.2, -0.15) is 0 Å². The fourth-order valence-corrected chi connectivity index (χ4v) is 3.92. The van der Waals surface area contributed by atoms with Crippen molar-refractivity contribution in [2.45, 2.75) is 25.0 Å². The molecule has 2 fully saturated rings. The number of nitrogens with zero attached hydrogens (tertiary/aromatic N) is 2. The van der Waals surface area contributed by atoms with Crippen LogP contribution in [-0.2, 0) is 11.3 Å². The number of carbonyl (C=O) groups is 1. The molecular formula is C22H26N2O4. The minimum atomic E-state index is -0.290. The van der Waals surface area contributed by atoms with E-state index in [-0.39, 0.29) is 11.7 Å². The predicted molar refractivity (Wildman–Crippen MR) is 106 cm³/mol. The summed E-state index contributed by atoms with van der Waals surface area (Å²) in [4.78, 5) is 15.8. The van der Waals surface area contributed by atoms with Crippen LogP contribution < -0.4 is 9.47 Å². The van der Waals surface area contributed by atoms with Gasteiger partial charge in [-0.1, -0.05) is 12.1 Å². The van der Waals surface area contributed by atoms with Crippen molar-refractivity contribution in [2.75, 3.05) is 33.8 Å². The van der Waals surface area contributed by atoms with E-state index in [4.69, 9.17) is 14.2 Å². The molecule has 2 aromatic rings. The van der Waals surface area contributed by atoms with Gasteiger partial charge in [0.2, 0.25) is 0 Å². The highest BCUT2D eigenvalue weighted by atomic mass is 16.6. The Balaban J connectivity index is 1.34. The summed E-state index contributed by atoms with van der Waals surface area (Å²) in [5.41, 5.74) is 0.921. The highest BCUT2D eigenvalue weighted by molar-refractivity contribution is 5.70. The van der Waals surface area contributed by atoms with Gasteiger partial charge >= 0.3 is 6.09 Å². The van der Waals surface area contributed by atoms with Gasteiger partial charge in [-0.15, -0.1) is 0 Å². The van der Waals surface area contributed by atoms with Gasteiger partial charge in [-0.05, 0) is 42.0 Å². The van der Waals surface area contributed by atoms with Gasteiger partial charge < -0.3 is 19.1 Å². The van der Waals surface area contributed by atoms with Gasteiger partial charge in [-0.25, -0.2) is 4.79 Å². The second-order valence-electron chi connectivity index (χ2n) is 7.61. The van der Waals surface area contributed by atoms with Crippen LogP contribution in [0.4, 0.5) is 4.79 Å². The molecule has 6 heteroatoms. The maximum Gasteiger partial charge on any atom is 0.410 e. The van der Waals surface area contributed by atoms with Crippen LogP contribution in [0.15, 0.2) is 48.5 Å². The van der Waals surface area contributed by atoms with Crippen LogP contribution in [0, 0.1) is 0 Å². The van der Waals surface area contributed by atoms with E-state index in [1.807, 2.05) is 36.4 Å². The monoisotopic (exact) mass is 382 g/mol. The van der Waals surface area contributed by atoms with Crippen molar-refractivity contribution in [3.63, 3.8) is 0 Å². The molecule has 4 rings (SSSR count). The highest BCUT2D eigenvalue weighted by Crippen LogP contribution is 2.33. The minimum Gasteiger partial charge on any atom is -0.497 e. The summed E-state index contributed by atoms with van der Waals surface area (Å²) < 4.78 is 16.8. The lowest BCUT2D eigenvalue weighted by Gasteiger charge is -2.37. The summed E-state index contributed by atoms with van der Waals surface area (Å²) in [5, 5.41) is 0. The van der Waals surface area contributed by atoms with E-state index < -0.39 is 0 Å². The van der Waals surface area contributed by atoms with Crippen molar-refractivity contribution in [2.24, 2.45) is 0 Å². The van der Waals surface area contributed by atoms with Crippen molar-refractivity contribution in [3.05, 3.63) is 54.1 Å². The largest absolute Gasteiger partial charge is 0.497 e. The minimum absolute atomic E-state index is 0.197. The quantitative estimate of drug-likeness (QED) is 0.785. The summed E-state index contributed by atoms with van der Waals surface area (Å²) in [7, 11) is 3.45. The normalized spacial score (nSPS) is 18.9. The summed E-state index contributed by atoms with van der Waals surface area (Å²) in [6.07, 6.45) is 1.56. The maximum atomic E-state index is 11.7. The van der Waals surface area contributed by atoms with Crippen LogP contribution in [0.2, 0.25) is 0 Å². The molecule has 1 spiro atoms. The Morgan fingerprint density at radius 3 is 2.39 bits per heavy atom. The molecule has 0 N–H and O–H groups in total. The number of amides is 1. The summed E-state index contributed by atoms with van der Waals surface area (Å²) in [5.74, 6) is 2.41. The van der Waals surface area contributed by atoms with Crippen molar-refractivity contribution in [3.8, 4) is 17.2 Å². The number of ether oxygens (including phenoxy) is 3. The molecule has 1 amide bonds. The zero-order valence-corrected chi connectivity index (χ0v) is 16.4. The van der Waals surface area contributed by atoms with E-state index in [1.165, 1.54) is 5.56 Å². The number of likely N-dealkylation sites (tertiary alicyclic amines) is 1. The van der Waals surface area contributed by atoms with E-state index in [1.54, 1.807) is 19.1 Å². The molecule has 0 bridgehead atoms. The van der Waals surface area contributed by atoms with E-state index in [0.717, 1.165) is 49.7 Å². The number of likely N-dealkylation sites (N-methyl/N-ethyl adjacent to an activating group) is 1. The zero-order valence-electron chi connectivity index (χ0n) is 16.4. The van der Waals surface area contributed by atoms with Gasteiger partial charge in [0.1, 0.15) is 22.8 Å². The average Bonchev–Trinajstić information content (AvgIpc) is 2.98. The Bertz CT molecular complexity index is 829. The molecule has 0 radical (unpaired) electrons. The summed E-state index contributed by atoms with van der Waals surface area (Å²) in [6.45, 7) is 3.40. The molecule has 0 saturated carbocycles. The first kappa shape index (κ1) is 18.6. The molecule has 2 aliphatic heterocycles. The third-order valence-corrected chi connectivity index (χ3v) is 5.51. The van der Waals surface area contributed by atoms with Crippen LogP contribution in [0.1, 0.15) is 18.4 Å². The molecule has 0 atom stereocenters. The summed E-state index contributed by atoms with van der Waals surface area (Å²) in [6, 6.07) is 15.8. The topological polar surface area (TPSA) is 51.2 Å². The second kappa shape index (κ2) is 7.72. The summed E-state index contributed by atoms with van der Waals surface area (Å²) >= 11 is 0. The van der Waals surface area contributed by atoms with Crippen LogP contribution in [0.3, 0.4) is 0 Å². The van der Waals surface area contributed by atoms with Crippen molar-refractivity contribution in [1.29, 1.82) is 0 Å². The van der Waals surface area contributed by atoms with Crippen molar-refractivity contribution >= 4 is 6.09 Å². The third-order valence-electron chi connectivity index (χ3n) is 5.51. The molecule has 6 nitrogen and oxygen atoms in total. The molecule has 2 saturated heterocycles.